The molecule has 0 aromatic heterocycles. The third-order valence-electron chi connectivity index (χ3n) is 2.87. The second-order valence-corrected chi connectivity index (χ2v) is 5.04. The van der Waals surface area contributed by atoms with Crippen LogP contribution in [0.25, 0.3) is 0 Å². The van der Waals surface area contributed by atoms with Crippen molar-refractivity contribution in [1.82, 2.24) is 0 Å². The summed E-state index contributed by atoms with van der Waals surface area (Å²) >= 11 is 5.60. The predicted molar refractivity (Wildman–Crippen MR) is 75.0 cm³/mol. The zero-order valence-electron chi connectivity index (χ0n) is 10.6. The fourth-order valence-corrected chi connectivity index (χ4v) is 2.11. The fraction of sp³-hybridized carbons (Fsp3) is 0.188. The number of carbonyl (C=O) groups excluding carboxylic acids is 1. The van der Waals surface area contributed by atoms with Crippen molar-refractivity contribution < 1.29 is 9.18 Å². The van der Waals surface area contributed by atoms with Gasteiger partial charge < -0.3 is 0 Å². The third-order valence-corrected chi connectivity index (χ3v) is 3.18. The van der Waals surface area contributed by atoms with Crippen LogP contribution >= 0.6 is 11.6 Å². The van der Waals surface area contributed by atoms with Crippen LogP contribution in [0.4, 0.5) is 4.39 Å². The van der Waals surface area contributed by atoms with Crippen LogP contribution in [-0.2, 0) is 17.6 Å². The van der Waals surface area contributed by atoms with Gasteiger partial charge in [0.1, 0.15) is 11.6 Å². The Hall–Kier alpha value is -1.67. The van der Waals surface area contributed by atoms with Gasteiger partial charge in [-0.2, -0.15) is 0 Å². The van der Waals surface area contributed by atoms with Crippen LogP contribution in [0.3, 0.4) is 0 Å². The van der Waals surface area contributed by atoms with Gasteiger partial charge in [-0.1, -0.05) is 47.5 Å². The summed E-state index contributed by atoms with van der Waals surface area (Å²) in [6.07, 6.45) is 0.591. The van der Waals surface area contributed by atoms with Crippen LogP contribution in [0.1, 0.15) is 16.7 Å². The van der Waals surface area contributed by atoms with Crippen molar-refractivity contribution >= 4 is 17.4 Å². The lowest BCUT2D eigenvalue weighted by Crippen LogP contribution is -2.07. The molecule has 0 amide bonds. The van der Waals surface area contributed by atoms with Crippen LogP contribution in [0, 0.1) is 12.7 Å². The number of halogens is 2. The molecule has 1 nitrogen and oxygen atoms in total. The molecule has 2 aromatic carbocycles. The van der Waals surface area contributed by atoms with E-state index in [2.05, 4.69) is 0 Å². The minimum absolute atomic E-state index is 0.0623. The maximum Gasteiger partial charge on any atom is 0.142 e. The number of benzene rings is 2. The van der Waals surface area contributed by atoms with Crippen molar-refractivity contribution in [2.75, 3.05) is 0 Å². The van der Waals surface area contributed by atoms with E-state index < -0.39 is 5.82 Å². The Bertz CT molecular complexity index is 607. The molecule has 0 unspecified atom stereocenters. The molecule has 0 radical (unpaired) electrons. The van der Waals surface area contributed by atoms with E-state index in [4.69, 9.17) is 11.6 Å². The largest absolute Gasteiger partial charge is 0.299 e. The highest BCUT2D eigenvalue weighted by Gasteiger charge is 2.07. The molecule has 19 heavy (non-hydrogen) atoms. The van der Waals surface area contributed by atoms with Crippen LogP contribution in [0.2, 0.25) is 5.02 Å². The van der Waals surface area contributed by atoms with Crippen molar-refractivity contribution in [2.45, 2.75) is 19.8 Å². The van der Waals surface area contributed by atoms with Gasteiger partial charge in [0.25, 0.3) is 0 Å². The van der Waals surface area contributed by atoms with Gasteiger partial charge in [-0.25, -0.2) is 4.39 Å². The van der Waals surface area contributed by atoms with Gasteiger partial charge in [0.15, 0.2) is 0 Å². The van der Waals surface area contributed by atoms with E-state index in [1.165, 1.54) is 12.1 Å². The number of Topliss-reactive ketones (excluding diaryl/α,β-unsaturated/α-hetero) is 1. The molecule has 0 saturated carbocycles. The topological polar surface area (TPSA) is 17.1 Å². The monoisotopic (exact) mass is 276 g/mol. The molecule has 98 valence electrons. The van der Waals surface area contributed by atoms with Crippen LogP contribution in [0.5, 0.6) is 0 Å². The molecule has 0 aliphatic rings. The Morgan fingerprint density at radius 3 is 2.42 bits per heavy atom. The number of ketones is 1. The molecule has 0 atom stereocenters. The number of hydrogen-bond donors (Lipinski definition) is 0. The van der Waals surface area contributed by atoms with Gasteiger partial charge in [0.2, 0.25) is 0 Å². The van der Waals surface area contributed by atoms with Crippen molar-refractivity contribution in [1.29, 1.82) is 0 Å². The maximum atomic E-state index is 13.3. The van der Waals surface area contributed by atoms with Crippen molar-refractivity contribution in [3.8, 4) is 0 Å². The molecule has 0 aliphatic heterocycles. The van der Waals surface area contributed by atoms with Gasteiger partial charge in [-0.3, -0.25) is 4.79 Å². The summed E-state index contributed by atoms with van der Waals surface area (Å²) in [5.74, 6) is -0.421. The van der Waals surface area contributed by atoms with Gasteiger partial charge in [0.05, 0.1) is 5.02 Å². The molecule has 2 rings (SSSR count). The van der Waals surface area contributed by atoms with Crippen molar-refractivity contribution in [3.63, 3.8) is 0 Å². The second-order valence-electron chi connectivity index (χ2n) is 4.63. The molecule has 0 saturated heterocycles. The zero-order valence-corrected chi connectivity index (χ0v) is 11.4. The number of hydrogen-bond acceptors (Lipinski definition) is 1. The third kappa shape index (κ3) is 3.90. The van der Waals surface area contributed by atoms with E-state index in [0.717, 1.165) is 11.1 Å². The molecule has 0 fully saturated rings. The first-order valence-corrected chi connectivity index (χ1v) is 6.43. The highest BCUT2D eigenvalue weighted by molar-refractivity contribution is 6.30. The number of rotatable bonds is 4. The first-order valence-electron chi connectivity index (χ1n) is 6.06. The molecule has 0 N–H and O–H groups in total. The van der Waals surface area contributed by atoms with Gasteiger partial charge in [-0.15, -0.1) is 0 Å². The SMILES string of the molecule is Cc1cccc(CC(=O)Cc2ccc(Cl)c(F)c2)c1. The Morgan fingerprint density at radius 1 is 1.11 bits per heavy atom. The molecule has 0 heterocycles. The Kier molecular flexibility index (Phi) is 4.33. The lowest BCUT2D eigenvalue weighted by Gasteiger charge is -2.04. The molecular formula is C16H14ClFO. The summed E-state index contributed by atoms with van der Waals surface area (Å²) in [6.45, 7) is 1.99. The van der Waals surface area contributed by atoms with E-state index in [1.54, 1.807) is 6.07 Å². The number of carbonyl (C=O) groups is 1. The predicted octanol–water partition coefficient (Wildman–Crippen LogP) is 4.14. The average molecular weight is 277 g/mol. The van der Waals surface area contributed by atoms with E-state index in [0.29, 0.717) is 12.0 Å². The molecule has 0 spiro atoms. The molecule has 0 bridgehead atoms. The lowest BCUT2D eigenvalue weighted by molar-refractivity contribution is -0.117. The van der Waals surface area contributed by atoms with Gasteiger partial charge in [0, 0.05) is 12.8 Å². The first-order chi connectivity index (χ1) is 9.04. The smallest absolute Gasteiger partial charge is 0.142 e. The summed E-state index contributed by atoms with van der Waals surface area (Å²) in [5, 5.41) is 0.0786. The fourth-order valence-electron chi connectivity index (χ4n) is 1.99. The Labute approximate surface area is 117 Å². The van der Waals surface area contributed by atoms with Crippen molar-refractivity contribution in [2.24, 2.45) is 0 Å². The Balaban J connectivity index is 2.03. The molecular weight excluding hydrogens is 263 g/mol. The summed E-state index contributed by atoms with van der Waals surface area (Å²) in [6, 6.07) is 12.3. The van der Waals surface area contributed by atoms with Crippen molar-refractivity contribution in [3.05, 3.63) is 70.0 Å². The van der Waals surface area contributed by atoms with Gasteiger partial charge >= 0.3 is 0 Å². The normalized spacial score (nSPS) is 10.5. The average Bonchev–Trinajstić information content (AvgIpc) is 2.34. The molecule has 3 heteroatoms. The summed E-state index contributed by atoms with van der Waals surface area (Å²) in [5.41, 5.74) is 2.77. The summed E-state index contributed by atoms with van der Waals surface area (Å²) < 4.78 is 13.3. The van der Waals surface area contributed by atoms with Crippen LogP contribution in [0.15, 0.2) is 42.5 Å². The van der Waals surface area contributed by atoms with E-state index in [-0.39, 0.29) is 17.2 Å². The standard InChI is InChI=1S/C16H14ClFO/c1-11-3-2-4-12(7-11)8-14(19)9-13-5-6-15(17)16(18)10-13/h2-7,10H,8-9H2,1H3. The second kappa shape index (κ2) is 5.98. The highest BCUT2D eigenvalue weighted by atomic mass is 35.5. The summed E-state index contributed by atoms with van der Waals surface area (Å²) in [7, 11) is 0. The maximum absolute atomic E-state index is 13.3. The zero-order chi connectivity index (χ0) is 13.8. The quantitative estimate of drug-likeness (QED) is 0.820. The highest BCUT2D eigenvalue weighted by Crippen LogP contribution is 2.16. The minimum Gasteiger partial charge on any atom is -0.299 e. The van der Waals surface area contributed by atoms with E-state index >= 15 is 0 Å². The van der Waals surface area contributed by atoms with Crippen LogP contribution in [-0.4, -0.2) is 5.78 Å². The first kappa shape index (κ1) is 13.8. The Morgan fingerprint density at radius 2 is 1.79 bits per heavy atom. The van der Waals surface area contributed by atoms with E-state index in [1.807, 2.05) is 31.2 Å². The summed E-state index contributed by atoms with van der Waals surface area (Å²) in [4.78, 5) is 11.9. The minimum atomic E-state index is -0.484. The molecule has 2 aromatic rings. The lowest BCUT2D eigenvalue weighted by atomic mass is 10.0. The number of aryl methyl sites for hydroxylation is 1. The van der Waals surface area contributed by atoms with Gasteiger partial charge in [-0.05, 0) is 30.2 Å². The van der Waals surface area contributed by atoms with Crippen LogP contribution < -0.4 is 0 Å². The molecule has 0 aliphatic carbocycles. The van der Waals surface area contributed by atoms with E-state index in [9.17, 15) is 9.18 Å².